The van der Waals surface area contributed by atoms with Crippen molar-refractivity contribution in [1.82, 2.24) is 15.5 Å². The first kappa shape index (κ1) is 13.3. The molecule has 0 radical (unpaired) electrons. The van der Waals surface area contributed by atoms with Crippen LogP contribution in [0.5, 0.6) is 0 Å². The molecule has 2 aliphatic rings. The van der Waals surface area contributed by atoms with E-state index in [4.69, 9.17) is 0 Å². The smallest absolute Gasteiger partial charge is 0.241 e. The first-order chi connectivity index (χ1) is 8.77. The van der Waals surface area contributed by atoms with Crippen molar-refractivity contribution >= 4 is 11.8 Å². The standard InChI is InChI=1S/C13H23N3O2/c17-12(16-8-4-1-5-9-16)10-15-13(18)11-6-2-3-7-14-11/h11,14H,1-10H2,(H,15,18). The quantitative estimate of drug-likeness (QED) is 0.758. The highest BCUT2D eigenvalue weighted by Crippen LogP contribution is 2.09. The van der Waals surface area contributed by atoms with E-state index < -0.39 is 0 Å². The van der Waals surface area contributed by atoms with Crippen LogP contribution in [0.1, 0.15) is 38.5 Å². The molecule has 0 aromatic carbocycles. The van der Waals surface area contributed by atoms with Crippen molar-refractivity contribution in [3.05, 3.63) is 0 Å². The first-order valence-electron chi connectivity index (χ1n) is 7.06. The zero-order chi connectivity index (χ0) is 12.8. The van der Waals surface area contributed by atoms with Crippen LogP contribution in [0.4, 0.5) is 0 Å². The fourth-order valence-corrected chi connectivity index (χ4v) is 2.62. The molecular weight excluding hydrogens is 230 g/mol. The summed E-state index contributed by atoms with van der Waals surface area (Å²) in [5.74, 6) is 0.0268. The fourth-order valence-electron chi connectivity index (χ4n) is 2.62. The molecule has 18 heavy (non-hydrogen) atoms. The summed E-state index contributed by atoms with van der Waals surface area (Å²) in [6.07, 6.45) is 6.49. The number of carbonyl (C=O) groups excluding carboxylic acids is 2. The van der Waals surface area contributed by atoms with E-state index in [9.17, 15) is 9.59 Å². The average molecular weight is 253 g/mol. The molecule has 102 valence electrons. The maximum Gasteiger partial charge on any atom is 0.241 e. The number of piperidine rings is 2. The van der Waals surface area contributed by atoms with Gasteiger partial charge in [-0.3, -0.25) is 9.59 Å². The predicted octanol–water partition coefficient (Wildman–Crippen LogP) is 0.257. The summed E-state index contributed by atoms with van der Waals surface area (Å²) < 4.78 is 0. The number of amides is 2. The van der Waals surface area contributed by atoms with Crippen LogP contribution in [0.25, 0.3) is 0 Å². The predicted molar refractivity (Wildman–Crippen MR) is 69.1 cm³/mol. The molecule has 0 spiro atoms. The molecule has 2 aliphatic heterocycles. The van der Waals surface area contributed by atoms with Crippen LogP contribution < -0.4 is 10.6 Å². The SMILES string of the molecule is O=C(NCC(=O)N1CCCCC1)C1CCCCN1. The Morgan fingerprint density at radius 3 is 2.56 bits per heavy atom. The third kappa shape index (κ3) is 3.70. The second-order valence-corrected chi connectivity index (χ2v) is 5.16. The highest BCUT2D eigenvalue weighted by atomic mass is 16.2. The molecule has 0 bridgehead atoms. The Kier molecular flexibility index (Phi) is 4.99. The van der Waals surface area contributed by atoms with Gasteiger partial charge in [0, 0.05) is 13.1 Å². The molecule has 2 N–H and O–H groups in total. The van der Waals surface area contributed by atoms with E-state index in [1.165, 1.54) is 6.42 Å². The Balaban J connectivity index is 1.69. The van der Waals surface area contributed by atoms with Gasteiger partial charge in [0.05, 0.1) is 12.6 Å². The van der Waals surface area contributed by atoms with Gasteiger partial charge >= 0.3 is 0 Å². The van der Waals surface area contributed by atoms with Crippen molar-refractivity contribution in [3.8, 4) is 0 Å². The molecule has 0 aromatic rings. The molecule has 2 rings (SSSR count). The molecule has 1 atom stereocenters. The van der Waals surface area contributed by atoms with E-state index in [1.807, 2.05) is 4.90 Å². The van der Waals surface area contributed by atoms with Crippen LogP contribution in [0.15, 0.2) is 0 Å². The zero-order valence-electron chi connectivity index (χ0n) is 10.9. The van der Waals surface area contributed by atoms with Gasteiger partial charge in [0.1, 0.15) is 0 Å². The monoisotopic (exact) mass is 253 g/mol. The van der Waals surface area contributed by atoms with Crippen LogP contribution in [-0.2, 0) is 9.59 Å². The summed E-state index contributed by atoms with van der Waals surface area (Å²) in [5, 5.41) is 5.94. The molecule has 2 amide bonds. The van der Waals surface area contributed by atoms with E-state index in [-0.39, 0.29) is 24.4 Å². The average Bonchev–Trinajstić information content (AvgIpc) is 2.46. The van der Waals surface area contributed by atoms with Gasteiger partial charge in [-0.1, -0.05) is 6.42 Å². The molecule has 0 aromatic heterocycles. The summed E-state index contributed by atoms with van der Waals surface area (Å²) in [5.41, 5.74) is 0. The van der Waals surface area contributed by atoms with Gasteiger partial charge in [0.2, 0.25) is 11.8 Å². The normalized spacial score (nSPS) is 24.7. The Morgan fingerprint density at radius 2 is 1.89 bits per heavy atom. The minimum Gasteiger partial charge on any atom is -0.346 e. The summed E-state index contributed by atoms with van der Waals surface area (Å²) >= 11 is 0. The molecule has 2 heterocycles. The van der Waals surface area contributed by atoms with Crippen LogP contribution in [0, 0.1) is 0 Å². The van der Waals surface area contributed by atoms with Crippen molar-refractivity contribution in [1.29, 1.82) is 0 Å². The zero-order valence-corrected chi connectivity index (χ0v) is 10.9. The Bertz CT molecular complexity index is 265. The van der Waals surface area contributed by atoms with Gasteiger partial charge in [-0.2, -0.15) is 0 Å². The molecule has 0 aliphatic carbocycles. The van der Waals surface area contributed by atoms with Crippen LogP contribution in [-0.4, -0.2) is 48.9 Å². The topological polar surface area (TPSA) is 61.4 Å². The number of rotatable bonds is 3. The third-order valence-electron chi connectivity index (χ3n) is 3.75. The summed E-state index contributed by atoms with van der Waals surface area (Å²) in [4.78, 5) is 25.6. The first-order valence-corrected chi connectivity index (χ1v) is 7.06. The number of carbonyl (C=O) groups is 2. The lowest BCUT2D eigenvalue weighted by atomic mass is 10.0. The molecule has 1 unspecified atom stereocenters. The van der Waals surface area contributed by atoms with Crippen molar-refractivity contribution in [2.24, 2.45) is 0 Å². The Morgan fingerprint density at radius 1 is 1.11 bits per heavy atom. The van der Waals surface area contributed by atoms with E-state index >= 15 is 0 Å². The van der Waals surface area contributed by atoms with E-state index in [0.717, 1.165) is 51.7 Å². The summed E-state index contributed by atoms with van der Waals surface area (Å²) in [6, 6.07) is -0.104. The molecule has 2 fully saturated rings. The molecular formula is C13H23N3O2. The lowest BCUT2D eigenvalue weighted by molar-refractivity contribution is -0.134. The summed E-state index contributed by atoms with van der Waals surface area (Å²) in [6.45, 7) is 2.74. The number of hydrogen-bond acceptors (Lipinski definition) is 3. The van der Waals surface area contributed by atoms with E-state index in [1.54, 1.807) is 0 Å². The van der Waals surface area contributed by atoms with Crippen molar-refractivity contribution in [2.75, 3.05) is 26.2 Å². The lowest BCUT2D eigenvalue weighted by Crippen LogP contribution is -2.50. The highest BCUT2D eigenvalue weighted by molar-refractivity contribution is 5.87. The van der Waals surface area contributed by atoms with Gasteiger partial charge in [0.25, 0.3) is 0 Å². The highest BCUT2D eigenvalue weighted by Gasteiger charge is 2.22. The minimum atomic E-state index is -0.104. The number of likely N-dealkylation sites (tertiary alicyclic amines) is 1. The van der Waals surface area contributed by atoms with E-state index in [2.05, 4.69) is 10.6 Å². The maximum atomic E-state index is 11.9. The Labute approximate surface area is 108 Å². The fraction of sp³-hybridized carbons (Fsp3) is 0.846. The van der Waals surface area contributed by atoms with Crippen molar-refractivity contribution < 1.29 is 9.59 Å². The number of hydrogen-bond donors (Lipinski definition) is 2. The number of nitrogens with one attached hydrogen (secondary N) is 2. The second-order valence-electron chi connectivity index (χ2n) is 5.16. The van der Waals surface area contributed by atoms with Crippen molar-refractivity contribution in [3.63, 3.8) is 0 Å². The third-order valence-corrected chi connectivity index (χ3v) is 3.75. The molecule has 5 heteroatoms. The van der Waals surface area contributed by atoms with Gasteiger partial charge in [0.15, 0.2) is 0 Å². The van der Waals surface area contributed by atoms with Gasteiger partial charge < -0.3 is 15.5 Å². The van der Waals surface area contributed by atoms with Gasteiger partial charge in [-0.25, -0.2) is 0 Å². The Hall–Kier alpha value is -1.10. The summed E-state index contributed by atoms with van der Waals surface area (Å²) in [7, 11) is 0. The number of nitrogens with zero attached hydrogens (tertiary/aromatic N) is 1. The minimum absolute atomic E-state index is 0.0277. The van der Waals surface area contributed by atoms with Crippen molar-refractivity contribution in [2.45, 2.75) is 44.6 Å². The lowest BCUT2D eigenvalue weighted by Gasteiger charge is -2.27. The largest absolute Gasteiger partial charge is 0.346 e. The van der Waals surface area contributed by atoms with Gasteiger partial charge in [-0.15, -0.1) is 0 Å². The van der Waals surface area contributed by atoms with Gasteiger partial charge in [-0.05, 0) is 38.6 Å². The van der Waals surface area contributed by atoms with Crippen LogP contribution >= 0.6 is 0 Å². The van der Waals surface area contributed by atoms with Crippen LogP contribution in [0.2, 0.25) is 0 Å². The maximum absolute atomic E-state index is 11.9. The molecule has 2 saturated heterocycles. The van der Waals surface area contributed by atoms with E-state index in [0.29, 0.717) is 0 Å². The van der Waals surface area contributed by atoms with Crippen LogP contribution in [0.3, 0.4) is 0 Å². The molecule has 0 saturated carbocycles. The molecule has 5 nitrogen and oxygen atoms in total. The second kappa shape index (κ2) is 6.73.